The van der Waals surface area contributed by atoms with Crippen LogP contribution in [0.1, 0.15) is 51.9 Å². The Kier molecular flexibility index (Phi) is 3.94. The van der Waals surface area contributed by atoms with Gasteiger partial charge in [-0.1, -0.05) is 38.3 Å². The lowest BCUT2D eigenvalue weighted by molar-refractivity contribution is -0.598. The Morgan fingerprint density at radius 3 is 2.68 bits per heavy atom. The smallest absolute Gasteiger partial charge is 0.139 e. The van der Waals surface area contributed by atoms with Crippen molar-refractivity contribution in [2.24, 2.45) is 5.92 Å². The van der Waals surface area contributed by atoms with Gasteiger partial charge in [-0.25, -0.2) is 0 Å². The molecule has 0 aromatic heterocycles. The number of hydrogen-bond donors (Lipinski definition) is 2. The topological polar surface area (TPSA) is 28.6 Å². The van der Waals surface area contributed by atoms with E-state index in [4.69, 9.17) is 0 Å². The highest BCUT2D eigenvalue weighted by Gasteiger charge is 2.27. The Hall–Kier alpha value is -1.20. The van der Waals surface area contributed by atoms with Crippen molar-refractivity contribution in [3.8, 4) is 12.0 Å². The molecule has 0 radical (unpaired) electrons. The van der Waals surface area contributed by atoms with Gasteiger partial charge in [0.25, 0.3) is 0 Å². The van der Waals surface area contributed by atoms with Gasteiger partial charge in [0.05, 0.1) is 5.70 Å². The van der Waals surface area contributed by atoms with E-state index in [0.717, 1.165) is 0 Å². The average Bonchev–Trinajstić information content (AvgIpc) is 3.25. The monoisotopic (exact) mass is 257 g/mol. The Bertz CT molecular complexity index is 436. The van der Waals surface area contributed by atoms with Crippen LogP contribution < -0.4 is 10.6 Å². The second-order valence-corrected chi connectivity index (χ2v) is 6.22. The molecule has 0 aromatic rings. The first-order valence-corrected chi connectivity index (χ1v) is 7.86. The van der Waals surface area contributed by atoms with Crippen molar-refractivity contribution in [1.82, 2.24) is 5.32 Å². The zero-order chi connectivity index (χ0) is 13.1. The molecule has 2 aliphatic carbocycles. The first-order chi connectivity index (χ1) is 9.33. The predicted molar refractivity (Wildman–Crippen MR) is 78.1 cm³/mol. The molecule has 0 aromatic carbocycles. The van der Waals surface area contributed by atoms with Crippen LogP contribution in [-0.4, -0.2) is 12.1 Å². The van der Waals surface area contributed by atoms with Crippen molar-refractivity contribution in [2.45, 2.75) is 64.0 Å². The molecule has 102 valence electrons. The van der Waals surface area contributed by atoms with Crippen LogP contribution in [0, 0.1) is 17.9 Å². The van der Waals surface area contributed by atoms with Gasteiger partial charge in [0.2, 0.25) is 0 Å². The number of hydrogen-bond acceptors (Lipinski definition) is 1. The average molecular weight is 257 g/mol. The number of allylic oxidation sites excluding steroid dienone is 3. The zero-order valence-corrected chi connectivity index (χ0v) is 11.9. The first-order valence-electron chi connectivity index (χ1n) is 7.86. The van der Waals surface area contributed by atoms with Gasteiger partial charge in [-0.05, 0) is 30.8 Å². The maximum atomic E-state index is 3.85. The van der Waals surface area contributed by atoms with Gasteiger partial charge < -0.3 is 5.32 Å². The first kappa shape index (κ1) is 12.8. The fraction of sp³-hybridized carbons (Fsp3) is 0.647. The molecule has 3 aliphatic rings. The van der Waals surface area contributed by atoms with Crippen LogP contribution in [0.4, 0.5) is 0 Å². The highest BCUT2D eigenvalue weighted by atomic mass is 15.0. The van der Waals surface area contributed by atoms with E-state index in [-0.39, 0.29) is 0 Å². The zero-order valence-electron chi connectivity index (χ0n) is 11.9. The molecular formula is C17H25N2+. The lowest BCUT2D eigenvalue weighted by Gasteiger charge is -2.27. The van der Waals surface area contributed by atoms with Gasteiger partial charge in [0, 0.05) is 18.4 Å². The minimum Gasteiger partial charge on any atom is -0.380 e. The maximum absolute atomic E-state index is 3.85. The summed E-state index contributed by atoms with van der Waals surface area (Å²) in [6.45, 7) is 2.24. The third kappa shape index (κ3) is 3.42. The molecular weight excluding hydrogens is 232 g/mol. The number of quaternary nitrogens is 1. The lowest BCUT2D eigenvalue weighted by atomic mass is 9.94. The molecule has 2 atom stereocenters. The Balaban J connectivity index is 1.65. The summed E-state index contributed by atoms with van der Waals surface area (Å²) in [6.07, 6.45) is 13.8. The van der Waals surface area contributed by atoms with Crippen LogP contribution in [0.5, 0.6) is 0 Å². The van der Waals surface area contributed by atoms with Crippen LogP contribution in [0.15, 0.2) is 23.4 Å². The van der Waals surface area contributed by atoms with Crippen LogP contribution in [-0.2, 0) is 0 Å². The quantitative estimate of drug-likeness (QED) is 0.744. The van der Waals surface area contributed by atoms with Gasteiger partial charge in [-0.2, -0.15) is 0 Å². The van der Waals surface area contributed by atoms with Crippen LogP contribution >= 0.6 is 0 Å². The maximum Gasteiger partial charge on any atom is 0.139 e. The van der Waals surface area contributed by atoms with Gasteiger partial charge in [-0.3, -0.25) is 5.32 Å². The second-order valence-electron chi connectivity index (χ2n) is 6.22. The van der Waals surface area contributed by atoms with Gasteiger partial charge >= 0.3 is 0 Å². The van der Waals surface area contributed by atoms with Crippen molar-refractivity contribution in [3.63, 3.8) is 0 Å². The van der Waals surface area contributed by atoms with E-state index >= 15 is 0 Å². The molecule has 0 spiro atoms. The van der Waals surface area contributed by atoms with Gasteiger partial charge in [-0.15, -0.1) is 0 Å². The Morgan fingerprint density at radius 2 is 1.95 bits per heavy atom. The summed E-state index contributed by atoms with van der Waals surface area (Å²) in [5, 5.41) is 6.07. The molecule has 2 nitrogen and oxygen atoms in total. The lowest BCUT2D eigenvalue weighted by Crippen LogP contribution is -2.86. The summed E-state index contributed by atoms with van der Waals surface area (Å²) in [5.74, 6) is 3.87. The largest absolute Gasteiger partial charge is 0.380 e. The summed E-state index contributed by atoms with van der Waals surface area (Å²) in [5.41, 5.74) is 2.89. The number of nitrogens with two attached hydrogens (primary N) is 1. The van der Waals surface area contributed by atoms with Gasteiger partial charge in [0.15, 0.2) is 0 Å². The van der Waals surface area contributed by atoms with E-state index < -0.39 is 0 Å². The molecule has 0 saturated heterocycles. The summed E-state index contributed by atoms with van der Waals surface area (Å²) in [4.78, 5) is 0. The summed E-state index contributed by atoms with van der Waals surface area (Å²) < 4.78 is 0. The Labute approximate surface area is 116 Å². The van der Waals surface area contributed by atoms with Crippen LogP contribution in [0.3, 0.4) is 0 Å². The number of nitrogens with one attached hydrogen (secondary N) is 1. The molecule has 1 saturated carbocycles. The van der Waals surface area contributed by atoms with Gasteiger partial charge in [0.1, 0.15) is 12.1 Å². The van der Waals surface area contributed by atoms with Crippen LogP contribution in [0.25, 0.3) is 0 Å². The van der Waals surface area contributed by atoms with Crippen molar-refractivity contribution in [3.05, 3.63) is 23.4 Å². The van der Waals surface area contributed by atoms with Crippen molar-refractivity contribution < 1.29 is 5.32 Å². The normalized spacial score (nSPS) is 30.3. The highest BCUT2D eigenvalue weighted by Crippen LogP contribution is 2.25. The molecule has 19 heavy (non-hydrogen) atoms. The highest BCUT2D eigenvalue weighted by molar-refractivity contribution is 5.50. The minimum absolute atomic E-state index is 0.518. The molecule has 1 aliphatic heterocycles. The molecule has 1 heterocycles. The SMILES string of the molecule is CC1C#C[NH2+]C(C(NC2CCCCC2)=C2C=C2)CC1. The number of rotatable bonds is 3. The molecule has 0 bridgehead atoms. The van der Waals surface area contributed by atoms with Crippen molar-refractivity contribution >= 4 is 0 Å². The molecule has 3 N–H and O–H groups in total. The van der Waals surface area contributed by atoms with E-state index in [1.54, 1.807) is 0 Å². The summed E-state index contributed by atoms with van der Waals surface area (Å²) in [6, 6.07) is 4.48. The van der Waals surface area contributed by atoms with E-state index in [2.05, 4.69) is 41.7 Å². The summed E-state index contributed by atoms with van der Waals surface area (Å²) in [7, 11) is 0. The van der Waals surface area contributed by atoms with E-state index in [9.17, 15) is 0 Å². The molecule has 2 heteroatoms. The van der Waals surface area contributed by atoms with E-state index in [1.807, 2.05) is 0 Å². The molecule has 0 amide bonds. The summed E-state index contributed by atoms with van der Waals surface area (Å²) >= 11 is 0. The predicted octanol–water partition coefficient (Wildman–Crippen LogP) is 2.06. The third-order valence-corrected chi connectivity index (χ3v) is 4.50. The minimum atomic E-state index is 0.518. The fourth-order valence-electron chi connectivity index (χ4n) is 3.20. The van der Waals surface area contributed by atoms with Crippen LogP contribution in [0.2, 0.25) is 0 Å². The second kappa shape index (κ2) is 5.84. The van der Waals surface area contributed by atoms with E-state index in [1.165, 1.54) is 56.2 Å². The standard InChI is InChI=1S/C17H24N2/c1-13-7-10-16(18-12-11-13)17(14-8-9-14)19-15-5-3-2-4-6-15/h8-9,13,15-16,18-19H,2-7,10H2,1H3/p+1. The Morgan fingerprint density at radius 1 is 1.16 bits per heavy atom. The third-order valence-electron chi connectivity index (χ3n) is 4.50. The molecule has 1 fully saturated rings. The van der Waals surface area contributed by atoms with Crippen molar-refractivity contribution in [1.29, 1.82) is 0 Å². The van der Waals surface area contributed by atoms with E-state index in [0.29, 0.717) is 18.0 Å². The fourth-order valence-corrected chi connectivity index (χ4v) is 3.20. The molecule has 3 rings (SSSR count). The van der Waals surface area contributed by atoms with Crippen molar-refractivity contribution in [2.75, 3.05) is 0 Å². The molecule has 2 unspecified atom stereocenters.